The molecule has 0 atom stereocenters. The quantitative estimate of drug-likeness (QED) is 0.879. The third-order valence-corrected chi connectivity index (χ3v) is 3.19. The van der Waals surface area contributed by atoms with E-state index in [1.165, 1.54) is 0 Å². The molecule has 0 aliphatic heterocycles. The summed E-state index contributed by atoms with van der Waals surface area (Å²) in [6.45, 7) is 2.97. The number of anilines is 1. The number of hydrogen-bond donors (Lipinski definition) is 1. The minimum absolute atomic E-state index is 0.132. The van der Waals surface area contributed by atoms with E-state index >= 15 is 0 Å². The molecule has 0 unspecified atom stereocenters. The zero-order valence-electron chi connectivity index (χ0n) is 12.4. The van der Waals surface area contributed by atoms with Gasteiger partial charge in [0.05, 0.1) is 14.2 Å². The zero-order valence-corrected chi connectivity index (χ0v) is 12.4. The number of nitrogens with one attached hydrogen (secondary N) is 1. The summed E-state index contributed by atoms with van der Waals surface area (Å²) in [6, 6.07) is 5.55. The van der Waals surface area contributed by atoms with Gasteiger partial charge in [-0.15, -0.1) is 0 Å². The minimum Gasteiger partial charge on any atom is -0.497 e. The van der Waals surface area contributed by atoms with Gasteiger partial charge in [-0.3, -0.25) is 4.79 Å². The number of benzene rings is 1. The first-order chi connectivity index (χ1) is 10.2. The van der Waals surface area contributed by atoms with Crippen molar-refractivity contribution in [1.29, 1.82) is 0 Å². The number of nitrogens with zero attached hydrogens (tertiary/aromatic N) is 2. The van der Waals surface area contributed by atoms with Crippen molar-refractivity contribution in [2.24, 2.45) is 0 Å². The average Bonchev–Trinajstić information content (AvgIpc) is 2.53. The fourth-order valence-corrected chi connectivity index (χ4v) is 1.99. The van der Waals surface area contributed by atoms with Crippen molar-refractivity contribution in [1.82, 2.24) is 9.55 Å². The molecular weight excluding hydrogens is 270 g/mol. The van der Waals surface area contributed by atoms with Crippen LogP contribution in [0, 0.1) is 0 Å². The monoisotopic (exact) mass is 289 g/mol. The molecule has 112 valence electrons. The Morgan fingerprint density at radius 1 is 1.29 bits per heavy atom. The van der Waals surface area contributed by atoms with Crippen LogP contribution in [0.5, 0.6) is 11.5 Å². The first kappa shape index (κ1) is 14.9. The first-order valence-corrected chi connectivity index (χ1v) is 6.69. The molecule has 6 nitrogen and oxygen atoms in total. The van der Waals surface area contributed by atoms with Gasteiger partial charge in [0.2, 0.25) is 0 Å². The molecule has 0 aliphatic rings. The zero-order chi connectivity index (χ0) is 15.2. The van der Waals surface area contributed by atoms with Gasteiger partial charge in [-0.2, -0.15) is 0 Å². The van der Waals surface area contributed by atoms with E-state index in [0.717, 1.165) is 11.3 Å². The summed E-state index contributed by atoms with van der Waals surface area (Å²) in [5.74, 6) is 1.76. The molecule has 0 saturated carbocycles. The number of ether oxygens (including phenoxy) is 2. The van der Waals surface area contributed by atoms with Crippen molar-refractivity contribution in [3.05, 3.63) is 46.5 Å². The van der Waals surface area contributed by atoms with Crippen molar-refractivity contribution in [3.63, 3.8) is 0 Å². The van der Waals surface area contributed by atoms with Gasteiger partial charge in [0.15, 0.2) is 5.82 Å². The van der Waals surface area contributed by atoms with Crippen LogP contribution in [0.2, 0.25) is 0 Å². The second kappa shape index (κ2) is 6.78. The Labute approximate surface area is 123 Å². The molecule has 0 radical (unpaired) electrons. The smallest absolute Gasteiger partial charge is 0.293 e. The lowest BCUT2D eigenvalue weighted by Gasteiger charge is -2.12. The van der Waals surface area contributed by atoms with Crippen molar-refractivity contribution in [2.45, 2.75) is 20.0 Å². The summed E-state index contributed by atoms with van der Waals surface area (Å²) in [5, 5.41) is 3.05. The van der Waals surface area contributed by atoms with E-state index in [2.05, 4.69) is 10.3 Å². The summed E-state index contributed by atoms with van der Waals surface area (Å²) in [4.78, 5) is 16.1. The van der Waals surface area contributed by atoms with Crippen LogP contribution in [0.3, 0.4) is 0 Å². The van der Waals surface area contributed by atoms with E-state index in [1.54, 1.807) is 37.2 Å². The number of aryl methyl sites for hydroxylation is 1. The second-order valence-corrected chi connectivity index (χ2v) is 4.40. The molecule has 1 heterocycles. The van der Waals surface area contributed by atoms with Crippen LogP contribution in [-0.4, -0.2) is 23.8 Å². The summed E-state index contributed by atoms with van der Waals surface area (Å²) in [7, 11) is 3.21. The van der Waals surface area contributed by atoms with Gasteiger partial charge in [0, 0.05) is 37.1 Å². The Balaban J connectivity index is 2.18. The fourth-order valence-electron chi connectivity index (χ4n) is 1.99. The normalized spacial score (nSPS) is 10.2. The molecule has 21 heavy (non-hydrogen) atoms. The SMILES string of the molecule is CCn1ccnc(NCc2ccc(OC)cc2OC)c1=O. The van der Waals surface area contributed by atoms with Gasteiger partial charge < -0.3 is 19.4 Å². The van der Waals surface area contributed by atoms with Crippen LogP contribution in [0.15, 0.2) is 35.4 Å². The van der Waals surface area contributed by atoms with Crippen molar-refractivity contribution < 1.29 is 9.47 Å². The molecule has 1 aromatic carbocycles. The maximum absolute atomic E-state index is 12.1. The molecule has 6 heteroatoms. The number of rotatable bonds is 6. The molecule has 1 N–H and O–H groups in total. The van der Waals surface area contributed by atoms with Crippen LogP contribution in [0.1, 0.15) is 12.5 Å². The maximum Gasteiger partial charge on any atom is 0.293 e. The van der Waals surface area contributed by atoms with Gasteiger partial charge >= 0.3 is 0 Å². The van der Waals surface area contributed by atoms with E-state index in [0.29, 0.717) is 24.7 Å². The average molecular weight is 289 g/mol. The lowest BCUT2D eigenvalue weighted by atomic mass is 10.2. The predicted octanol–water partition coefficient (Wildman–Crippen LogP) is 1.89. The number of aromatic nitrogens is 2. The molecule has 0 amide bonds. The Hall–Kier alpha value is -2.50. The third-order valence-electron chi connectivity index (χ3n) is 3.19. The fraction of sp³-hybridized carbons (Fsp3) is 0.333. The van der Waals surface area contributed by atoms with Crippen molar-refractivity contribution >= 4 is 5.82 Å². The molecule has 0 saturated heterocycles. The number of methoxy groups -OCH3 is 2. The Bertz CT molecular complexity index is 667. The molecule has 0 aliphatic carbocycles. The van der Waals surface area contributed by atoms with Crippen LogP contribution in [0.4, 0.5) is 5.82 Å². The van der Waals surface area contributed by atoms with E-state index in [-0.39, 0.29) is 5.56 Å². The van der Waals surface area contributed by atoms with Crippen LogP contribution >= 0.6 is 0 Å². The highest BCUT2D eigenvalue weighted by Gasteiger charge is 2.07. The molecule has 2 aromatic rings. The highest BCUT2D eigenvalue weighted by molar-refractivity contribution is 5.43. The topological polar surface area (TPSA) is 65.4 Å². The van der Waals surface area contributed by atoms with Crippen LogP contribution in [0.25, 0.3) is 0 Å². The molecule has 1 aromatic heterocycles. The van der Waals surface area contributed by atoms with Gasteiger partial charge in [0.25, 0.3) is 5.56 Å². The Morgan fingerprint density at radius 2 is 2.10 bits per heavy atom. The highest BCUT2D eigenvalue weighted by atomic mass is 16.5. The Kier molecular flexibility index (Phi) is 4.81. The highest BCUT2D eigenvalue weighted by Crippen LogP contribution is 2.24. The minimum atomic E-state index is -0.132. The molecule has 0 spiro atoms. The first-order valence-electron chi connectivity index (χ1n) is 6.69. The van der Waals surface area contributed by atoms with Crippen LogP contribution in [-0.2, 0) is 13.1 Å². The van der Waals surface area contributed by atoms with E-state index in [1.807, 2.05) is 19.1 Å². The standard InChI is InChI=1S/C15H19N3O3/c1-4-18-8-7-16-14(15(18)19)17-10-11-5-6-12(20-2)9-13(11)21-3/h5-9H,4,10H2,1-3H3,(H,16,17). The second-order valence-electron chi connectivity index (χ2n) is 4.40. The lowest BCUT2D eigenvalue weighted by Crippen LogP contribution is -2.23. The summed E-state index contributed by atoms with van der Waals surface area (Å²) >= 11 is 0. The molecule has 2 rings (SSSR count). The van der Waals surface area contributed by atoms with Gasteiger partial charge in [-0.05, 0) is 19.1 Å². The van der Waals surface area contributed by atoms with Crippen molar-refractivity contribution in [3.8, 4) is 11.5 Å². The van der Waals surface area contributed by atoms with Gasteiger partial charge in [0.1, 0.15) is 11.5 Å². The molecule has 0 fully saturated rings. The Morgan fingerprint density at radius 3 is 2.76 bits per heavy atom. The largest absolute Gasteiger partial charge is 0.497 e. The number of hydrogen-bond acceptors (Lipinski definition) is 5. The third kappa shape index (κ3) is 3.34. The lowest BCUT2D eigenvalue weighted by molar-refractivity contribution is 0.391. The molecular formula is C15H19N3O3. The summed E-state index contributed by atoms with van der Waals surface area (Å²) in [5.41, 5.74) is 0.791. The summed E-state index contributed by atoms with van der Waals surface area (Å²) < 4.78 is 12.1. The van der Waals surface area contributed by atoms with Gasteiger partial charge in [-0.1, -0.05) is 0 Å². The van der Waals surface area contributed by atoms with E-state index < -0.39 is 0 Å². The van der Waals surface area contributed by atoms with Crippen molar-refractivity contribution in [2.75, 3.05) is 19.5 Å². The predicted molar refractivity (Wildman–Crippen MR) is 81.0 cm³/mol. The van der Waals surface area contributed by atoms with Gasteiger partial charge in [-0.25, -0.2) is 4.98 Å². The summed E-state index contributed by atoms with van der Waals surface area (Å²) in [6.07, 6.45) is 3.28. The van der Waals surface area contributed by atoms with E-state index in [4.69, 9.17) is 9.47 Å². The maximum atomic E-state index is 12.1. The van der Waals surface area contributed by atoms with Crippen LogP contribution < -0.4 is 20.3 Å². The van der Waals surface area contributed by atoms with E-state index in [9.17, 15) is 4.79 Å². The molecule has 0 bridgehead atoms.